The predicted molar refractivity (Wildman–Crippen MR) is 47.5 cm³/mol. The van der Waals surface area contributed by atoms with Crippen molar-refractivity contribution in [2.75, 3.05) is 0 Å². The van der Waals surface area contributed by atoms with Crippen LogP contribution in [-0.2, 0) is 0 Å². The summed E-state index contributed by atoms with van der Waals surface area (Å²) in [6, 6.07) is 0. The van der Waals surface area contributed by atoms with Gasteiger partial charge in [-0.1, -0.05) is 9.64 Å². The fraction of sp³-hybridized carbons (Fsp3) is 0.333. The SMILES string of the molecule is CC(Cl)c1noc(-c2cnns2)n1. The van der Waals surface area contributed by atoms with Crippen LogP contribution in [0.3, 0.4) is 0 Å². The van der Waals surface area contributed by atoms with Crippen molar-refractivity contribution in [3.05, 3.63) is 12.0 Å². The number of halogens is 1. The third kappa shape index (κ3) is 1.68. The fourth-order valence-electron chi connectivity index (χ4n) is 0.758. The largest absolute Gasteiger partial charge is 0.333 e. The van der Waals surface area contributed by atoms with Crippen LogP contribution in [0.2, 0.25) is 0 Å². The van der Waals surface area contributed by atoms with Gasteiger partial charge in [0.15, 0.2) is 5.82 Å². The van der Waals surface area contributed by atoms with E-state index in [1.165, 1.54) is 11.5 Å². The number of rotatable bonds is 2. The van der Waals surface area contributed by atoms with Crippen molar-refractivity contribution < 1.29 is 4.52 Å². The standard InChI is InChI=1S/C6H5ClN4OS/c1-3(7)5-9-6(12-10-5)4-2-8-11-13-4/h2-3H,1H3. The van der Waals surface area contributed by atoms with Crippen LogP contribution in [-0.4, -0.2) is 19.7 Å². The molecule has 7 heteroatoms. The molecule has 2 aromatic rings. The summed E-state index contributed by atoms with van der Waals surface area (Å²) in [6.07, 6.45) is 1.57. The van der Waals surface area contributed by atoms with Crippen molar-refractivity contribution in [3.63, 3.8) is 0 Å². The fourth-order valence-corrected chi connectivity index (χ4v) is 1.28. The van der Waals surface area contributed by atoms with Gasteiger partial charge in [0.05, 0.1) is 11.6 Å². The zero-order chi connectivity index (χ0) is 9.26. The van der Waals surface area contributed by atoms with E-state index in [1.54, 1.807) is 13.1 Å². The Kier molecular flexibility index (Phi) is 2.24. The van der Waals surface area contributed by atoms with Gasteiger partial charge in [-0.15, -0.1) is 16.7 Å². The number of nitrogens with zero attached hydrogens (tertiary/aromatic N) is 4. The van der Waals surface area contributed by atoms with E-state index in [1.807, 2.05) is 0 Å². The molecule has 0 saturated heterocycles. The Morgan fingerprint density at radius 1 is 1.62 bits per heavy atom. The van der Waals surface area contributed by atoms with Crippen LogP contribution in [0.4, 0.5) is 0 Å². The molecule has 68 valence electrons. The van der Waals surface area contributed by atoms with Gasteiger partial charge in [0.2, 0.25) is 0 Å². The normalized spacial score (nSPS) is 13.1. The Hall–Kier alpha value is -1.01. The third-order valence-electron chi connectivity index (χ3n) is 1.37. The third-order valence-corrected chi connectivity index (χ3v) is 2.22. The Balaban J connectivity index is 2.33. The predicted octanol–water partition coefficient (Wildman–Crippen LogP) is 1.89. The second kappa shape index (κ2) is 3.39. The molecule has 0 spiro atoms. The highest BCUT2D eigenvalue weighted by Crippen LogP contribution is 2.22. The Labute approximate surface area is 82.9 Å². The minimum absolute atomic E-state index is 0.251. The molecule has 2 aromatic heterocycles. The molecule has 2 heterocycles. The average molecular weight is 217 g/mol. The van der Waals surface area contributed by atoms with Crippen molar-refractivity contribution in [1.29, 1.82) is 0 Å². The van der Waals surface area contributed by atoms with Crippen LogP contribution < -0.4 is 0 Å². The van der Waals surface area contributed by atoms with Crippen LogP contribution in [0.1, 0.15) is 18.1 Å². The maximum atomic E-state index is 5.77. The van der Waals surface area contributed by atoms with E-state index < -0.39 is 0 Å². The van der Waals surface area contributed by atoms with Crippen LogP contribution in [0.15, 0.2) is 10.7 Å². The van der Waals surface area contributed by atoms with Gasteiger partial charge in [-0.05, 0) is 18.5 Å². The Bertz CT molecular complexity index is 385. The van der Waals surface area contributed by atoms with Crippen LogP contribution in [0, 0.1) is 0 Å². The van der Waals surface area contributed by atoms with Gasteiger partial charge in [-0.2, -0.15) is 4.98 Å². The van der Waals surface area contributed by atoms with E-state index in [2.05, 4.69) is 19.7 Å². The smallest absolute Gasteiger partial charge is 0.271 e. The summed E-state index contributed by atoms with van der Waals surface area (Å²) >= 11 is 6.97. The number of alkyl halides is 1. The first-order valence-corrected chi connectivity index (χ1v) is 4.74. The van der Waals surface area contributed by atoms with Gasteiger partial charge >= 0.3 is 0 Å². The monoisotopic (exact) mass is 216 g/mol. The average Bonchev–Trinajstić information content (AvgIpc) is 2.75. The first-order valence-electron chi connectivity index (χ1n) is 3.53. The molecule has 1 atom stereocenters. The summed E-state index contributed by atoms with van der Waals surface area (Å²) in [6.45, 7) is 1.78. The van der Waals surface area contributed by atoms with E-state index in [-0.39, 0.29) is 5.38 Å². The van der Waals surface area contributed by atoms with E-state index in [4.69, 9.17) is 16.1 Å². The van der Waals surface area contributed by atoms with E-state index in [0.29, 0.717) is 11.7 Å². The van der Waals surface area contributed by atoms with Gasteiger partial charge in [-0.25, -0.2) is 0 Å². The zero-order valence-corrected chi connectivity index (χ0v) is 8.21. The molecule has 0 aliphatic rings. The summed E-state index contributed by atoms with van der Waals surface area (Å²) in [4.78, 5) is 4.82. The lowest BCUT2D eigenvalue weighted by atomic mass is 10.4. The van der Waals surface area contributed by atoms with Crippen LogP contribution in [0.5, 0.6) is 0 Å². The van der Waals surface area contributed by atoms with E-state index >= 15 is 0 Å². The van der Waals surface area contributed by atoms with E-state index in [9.17, 15) is 0 Å². The molecule has 0 aliphatic heterocycles. The zero-order valence-electron chi connectivity index (χ0n) is 6.64. The minimum Gasteiger partial charge on any atom is -0.333 e. The summed E-state index contributed by atoms with van der Waals surface area (Å²) in [5, 5.41) is 7.11. The van der Waals surface area contributed by atoms with Crippen molar-refractivity contribution in [1.82, 2.24) is 19.7 Å². The molecule has 0 saturated carbocycles. The Morgan fingerprint density at radius 2 is 2.46 bits per heavy atom. The molecule has 0 aromatic carbocycles. The second-order valence-corrected chi connectivity index (χ2v) is 3.80. The molecule has 0 aliphatic carbocycles. The molecule has 2 rings (SSSR count). The molecule has 5 nitrogen and oxygen atoms in total. The molecule has 0 amide bonds. The highest BCUT2D eigenvalue weighted by Gasteiger charge is 2.13. The molecule has 0 fully saturated rings. The summed E-state index contributed by atoms with van der Waals surface area (Å²) < 4.78 is 8.64. The highest BCUT2D eigenvalue weighted by molar-refractivity contribution is 7.09. The lowest BCUT2D eigenvalue weighted by Crippen LogP contribution is -1.85. The number of hydrogen-bond donors (Lipinski definition) is 0. The molecule has 1 unspecified atom stereocenters. The summed E-state index contributed by atoms with van der Waals surface area (Å²) in [5.74, 6) is 0.891. The van der Waals surface area contributed by atoms with Crippen LogP contribution >= 0.6 is 23.1 Å². The maximum absolute atomic E-state index is 5.77. The summed E-state index contributed by atoms with van der Waals surface area (Å²) in [7, 11) is 0. The number of hydrogen-bond acceptors (Lipinski definition) is 6. The van der Waals surface area contributed by atoms with Crippen LogP contribution in [0.25, 0.3) is 10.8 Å². The van der Waals surface area contributed by atoms with Crippen molar-refractivity contribution in [2.24, 2.45) is 0 Å². The first kappa shape index (κ1) is 8.58. The van der Waals surface area contributed by atoms with Gasteiger partial charge < -0.3 is 4.52 Å². The lowest BCUT2D eigenvalue weighted by molar-refractivity contribution is 0.423. The van der Waals surface area contributed by atoms with Crippen molar-refractivity contribution >= 4 is 23.1 Å². The minimum atomic E-state index is -0.251. The second-order valence-electron chi connectivity index (χ2n) is 2.36. The maximum Gasteiger partial charge on any atom is 0.271 e. The first-order chi connectivity index (χ1) is 6.27. The molecule has 0 N–H and O–H groups in total. The molecular weight excluding hydrogens is 212 g/mol. The highest BCUT2D eigenvalue weighted by atomic mass is 35.5. The van der Waals surface area contributed by atoms with Gasteiger partial charge in [-0.3, -0.25) is 0 Å². The van der Waals surface area contributed by atoms with E-state index in [0.717, 1.165) is 4.88 Å². The Morgan fingerprint density at radius 3 is 3.00 bits per heavy atom. The van der Waals surface area contributed by atoms with Crippen molar-refractivity contribution in [3.8, 4) is 10.8 Å². The van der Waals surface area contributed by atoms with Gasteiger partial charge in [0.1, 0.15) is 4.88 Å². The lowest BCUT2D eigenvalue weighted by Gasteiger charge is -1.88. The topological polar surface area (TPSA) is 64.7 Å². The molecule has 0 bridgehead atoms. The van der Waals surface area contributed by atoms with Gasteiger partial charge in [0, 0.05) is 0 Å². The molecule has 13 heavy (non-hydrogen) atoms. The summed E-state index contributed by atoms with van der Waals surface area (Å²) in [5.41, 5.74) is 0. The van der Waals surface area contributed by atoms with Crippen molar-refractivity contribution in [2.45, 2.75) is 12.3 Å². The molecule has 0 radical (unpaired) electrons. The van der Waals surface area contributed by atoms with Gasteiger partial charge in [0.25, 0.3) is 5.89 Å². The number of aromatic nitrogens is 4. The molecular formula is C6H5ClN4OS. The quantitative estimate of drug-likeness (QED) is 0.718.